The van der Waals surface area contributed by atoms with Crippen molar-refractivity contribution in [3.63, 3.8) is 0 Å². The summed E-state index contributed by atoms with van der Waals surface area (Å²) in [6, 6.07) is 0.528. The molecular formula is C8H18NO+. The lowest BCUT2D eigenvalue weighted by molar-refractivity contribution is -0.416. The summed E-state index contributed by atoms with van der Waals surface area (Å²) in [5, 5.41) is 0. The van der Waals surface area contributed by atoms with E-state index in [4.69, 9.17) is 4.74 Å². The zero-order valence-electron chi connectivity index (χ0n) is 7.02. The van der Waals surface area contributed by atoms with Crippen molar-refractivity contribution in [1.82, 2.24) is 0 Å². The second-order valence-corrected chi connectivity index (χ2v) is 3.27. The van der Waals surface area contributed by atoms with Gasteiger partial charge in [0, 0.05) is 6.42 Å². The van der Waals surface area contributed by atoms with Gasteiger partial charge in [-0.15, -0.1) is 0 Å². The quantitative estimate of drug-likeness (QED) is 0.604. The molecule has 10 heavy (non-hydrogen) atoms. The zero-order valence-corrected chi connectivity index (χ0v) is 7.02. The van der Waals surface area contributed by atoms with E-state index in [1.807, 2.05) is 0 Å². The Kier molecular flexibility index (Phi) is 2.32. The first-order valence-corrected chi connectivity index (χ1v) is 4.19. The van der Waals surface area contributed by atoms with Crippen LogP contribution < -0.4 is 5.73 Å². The summed E-state index contributed by atoms with van der Waals surface area (Å²) < 4.78 is 5.69. The van der Waals surface area contributed by atoms with Gasteiger partial charge in [0.05, 0.1) is 12.2 Å². The average molecular weight is 144 g/mol. The maximum Gasteiger partial charge on any atom is 0.111 e. The van der Waals surface area contributed by atoms with Crippen LogP contribution in [0.2, 0.25) is 0 Å². The summed E-state index contributed by atoms with van der Waals surface area (Å²) in [4.78, 5) is 0. The largest absolute Gasteiger partial charge is 0.369 e. The molecule has 0 unspecified atom stereocenters. The monoisotopic (exact) mass is 144 g/mol. The number of ether oxygens (including phenoxy) is 1. The topological polar surface area (TPSA) is 36.9 Å². The van der Waals surface area contributed by atoms with Crippen molar-refractivity contribution in [2.24, 2.45) is 0 Å². The molecule has 1 aliphatic heterocycles. The Morgan fingerprint density at radius 2 is 2.10 bits per heavy atom. The molecule has 1 atom stereocenters. The standard InChI is InChI=1S/C8H17NO/c1-3-8(4-2)5-7(9)6-10-8/h7H,3-6,9H2,1-2H3/p+1/t7-/m1/s1. The predicted octanol–water partition coefficient (Wildman–Crippen LogP) is 0.576. The third-order valence-electron chi connectivity index (χ3n) is 2.57. The van der Waals surface area contributed by atoms with Crippen LogP contribution in [0.3, 0.4) is 0 Å². The highest BCUT2D eigenvalue weighted by Gasteiger charge is 2.37. The van der Waals surface area contributed by atoms with E-state index in [0.717, 1.165) is 25.9 Å². The number of hydrogen-bond acceptors (Lipinski definition) is 1. The predicted molar refractivity (Wildman–Crippen MR) is 40.6 cm³/mol. The zero-order chi connectivity index (χ0) is 7.61. The van der Waals surface area contributed by atoms with E-state index < -0.39 is 0 Å². The summed E-state index contributed by atoms with van der Waals surface area (Å²) in [6.45, 7) is 5.25. The van der Waals surface area contributed by atoms with Crippen molar-refractivity contribution >= 4 is 0 Å². The van der Waals surface area contributed by atoms with Crippen LogP contribution in [-0.2, 0) is 4.74 Å². The van der Waals surface area contributed by atoms with Crippen molar-refractivity contribution in [2.45, 2.75) is 44.8 Å². The Bertz CT molecular complexity index is 110. The van der Waals surface area contributed by atoms with Gasteiger partial charge in [0.2, 0.25) is 0 Å². The SMILES string of the molecule is CCC1(CC)C[C@@H]([NH3+])CO1. The average Bonchev–Trinajstić information content (AvgIpc) is 2.33. The molecule has 0 aromatic rings. The van der Waals surface area contributed by atoms with Crippen LogP contribution in [0, 0.1) is 0 Å². The molecule has 0 saturated carbocycles. The fourth-order valence-corrected chi connectivity index (χ4v) is 1.68. The minimum atomic E-state index is 0.187. The lowest BCUT2D eigenvalue weighted by Crippen LogP contribution is -2.61. The van der Waals surface area contributed by atoms with Crippen LogP contribution in [0.15, 0.2) is 0 Å². The highest BCUT2D eigenvalue weighted by molar-refractivity contribution is 4.85. The number of quaternary nitrogens is 1. The van der Waals surface area contributed by atoms with Gasteiger partial charge in [0.15, 0.2) is 0 Å². The van der Waals surface area contributed by atoms with E-state index in [0.29, 0.717) is 6.04 Å². The minimum Gasteiger partial charge on any atom is -0.369 e. The lowest BCUT2D eigenvalue weighted by atomic mass is 9.93. The van der Waals surface area contributed by atoms with Crippen LogP contribution in [0.25, 0.3) is 0 Å². The normalized spacial score (nSPS) is 30.9. The summed E-state index contributed by atoms with van der Waals surface area (Å²) in [6.07, 6.45) is 3.42. The molecule has 0 radical (unpaired) electrons. The van der Waals surface area contributed by atoms with Crippen molar-refractivity contribution in [2.75, 3.05) is 6.61 Å². The van der Waals surface area contributed by atoms with Crippen molar-refractivity contribution in [3.05, 3.63) is 0 Å². The first-order chi connectivity index (χ1) is 4.72. The van der Waals surface area contributed by atoms with E-state index in [1.165, 1.54) is 0 Å². The third kappa shape index (κ3) is 1.32. The molecular weight excluding hydrogens is 126 g/mol. The van der Waals surface area contributed by atoms with Crippen LogP contribution in [-0.4, -0.2) is 18.2 Å². The van der Waals surface area contributed by atoms with Crippen LogP contribution in [0.4, 0.5) is 0 Å². The van der Waals surface area contributed by atoms with E-state index in [2.05, 4.69) is 19.6 Å². The van der Waals surface area contributed by atoms with Gasteiger partial charge in [-0.2, -0.15) is 0 Å². The molecule has 1 fully saturated rings. The molecule has 1 heterocycles. The first kappa shape index (κ1) is 8.02. The number of rotatable bonds is 2. The number of hydrogen-bond donors (Lipinski definition) is 1. The van der Waals surface area contributed by atoms with Gasteiger partial charge >= 0.3 is 0 Å². The van der Waals surface area contributed by atoms with Crippen LogP contribution in [0.1, 0.15) is 33.1 Å². The molecule has 1 aliphatic rings. The summed E-state index contributed by atoms with van der Waals surface area (Å²) >= 11 is 0. The molecule has 0 aromatic heterocycles. The molecule has 3 N–H and O–H groups in total. The molecule has 0 aromatic carbocycles. The highest BCUT2D eigenvalue weighted by Crippen LogP contribution is 2.30. The fraction of sp³-hybridized carbons (Fsp3) is 1.00. The van der Waals surface area contributed by atoms with Crippen molar-refractivity contribution < 1.29 is 10.5 Å². The van der Waals surface area contributed by atoms with Gasteiger partial charge in [-0.3, -0.25) is 0 Å². The third-order valence-corrected chi connectivity index (χ3v) is 2.57. The smallest absolute Gasteiger partial charge is 0.111 e. The molecule has 60 valence electrons. The molecule has 0 aliphatic carbocycles. The van der Waals surface area contributed by atoms with E-state index in [1.54, 1.807) is 0 Å². The minimum absolute atomic E-state index is 0.187. The summed E-state index contributed by atoms with van der Waals surface area (Å²) in [5.41, 5.74) is 4.19. The molecule has 2 heteroatoms. The Morgan fingerprint density at radius 3 is 2.30 bits per heavy atom. The Morgan fingerprint density at radius 1 is 1.50 bits per heavy atom. The molecule has 1 saturated heterocycles. The fourth-order valence-electron chi connectivity index (χ4n) is 1.68. The second kappa shape index (κ2) is 2.89. The Labute approximate surface area is 62.7 Å². The second-order valence-electron chi connectivity index (χ2n) is 3.27. The molecule has 0 bridgehead atoms. The van der Waals surface area contributed by atoms with Gasteiger partial charge in [-0.1, -0.05) is 13.8 Å². The molecule has 0 amide bonds. The van der Waals surface area contributed by atoms with E-state index >= 15 is 0 Å². The van der Waals surface area contributed by atoms with Crippen molar-refractivity contribution in [1.29, 1.82) is 0 Å². The maximum absolute atomic E-state index is 5.69. The lowest BCUT2D eigenvalue weighted by Gasteiger charge is -2.23. The van der Waals surface area contributed by atoms with Gasteiger partial charge in [0.1, 0.15) is 6.04 Å². The molecule has 1 rings (SSSR count). The maximum atomic E-state index is 5.69. The van der Waals surface area contributed by atoms with E-state index in [9.17, 15) is 0 Å². The summed E-state index contributed by atoms with van der Waals surface area (Å²) in [7, 11) is 0. The van der Waals surface area contributed by atoms with E-state index in [-0.39, 0.29) is 5.60 Å². The van der Waals surface area contributed by atoms with Gasteiger partial charge in [-0.25, -0.2) is 0 Å². The van der Waals surface area contributed by atoms with Gasteiger partial charge < -0.3 is 10.5 Å². The molecule has 2 nitrogen and oxygen atoms in total. The summed E-state index contributed by atoms with van der Waals surface area (Å²) in [5.74, 6) is 0. The van der Waals surface area contributed by atoms with Crippen LogP contribution in [0.5, 0.6) is 0 Å². The molecule has 0 spiro atoms. The van der Waals surface area contributed by atoms with Crippen LogP contribution >= 0.6 is 0 Å². The van der Waals surface area contributed by atoms with Gasteiger partial charge in [0.25, 0.3) is 0 Å². The Hall–Kier alpha value is -0.0800. The van der Waals surface area contributed by atoms with Crippen molar-refractivity contribution in [3.8, 4) is 0 Å². The van der Waals surface area contributed by atoms with Gasteiger partial charge in [-0.05, 0) is 12.8 Å². The Balaban J connectivity index is 2.51. The first-order valence-electron chi connectivity index (χ1n) is 4.19. The highest BCUT2D eigenvalue weighted by atomic mass is 16.5.